The molecule has 0 aliphatic rings. The van der Waals surface area contributed by atoms with E-state index < -0.39 is 11.8 Å². The standard InChI is InChI=1S/C20H21N5O4/c1-28-17-7-6-14(10-18(17)29-2)8-9-21-19(26)20(27)24-15-4-3-5-16(11-15)25-12-22-23-13-25/h3-7,10-13H,8-9H2,1-2H3,(H,21,26)(H,24,27). The molecule has 0 aliphatic carbocycles. The van der Waals surface area contributed by atoms with E-state index in [1.54, 1.807) is 55.7 Å². The molecule has 3 aromatic rings. The van der Waals surface area contributed by atoms with E-state index in [0.29, 0.717) is 30.2 Å². The van der Waals surface area contributed by atoms with Crippen molar-refractivity contribution >= 4 is 17.5 Å². The minimum atomic E-state index is -0.738. The van der Waals surface area contributed by atoms with E-state index in [4.69, 9.17) is 9.47 Å². The normalized spacial score (nSPS) is 10.3. The second kappa shape index (κ2) is 9.36. The summed E-state index contributed by atoms with van der Waals surface area (Å²) in [5, 5.41) is 12.7. The zero-order valence-corrected chi connectivity index (χ0v) is 16.1. The number of carbonyl (C=O) groups is 2. The molecule has 0 saturated heterocycles. The number of rotatable bonds is 7. The fourth-order valence-electron chi connectivity index (χ4n) is 2.70. The number of methoxy groups -OCH3 is 2. The second-order valence-corrected chi connectivity index (χ2v) is 6.07. The van der Waals surface area contributed by atoms with E-state index in [1.807, 2.05) is 18.2 Å². The molecule has 0 saturated carbocycles. The van der Waals surface area contributed by atoms with Crippen molar-refractivity contribution in [2.45, 2.75) is 6.42 Å². The zero-order chi connectivity index (χ0) is 20.6. The van der Waals surface area contributed by atoms with Gasteiger partial charge in [0.1, 0.15) is 12.7 Å². The lowest BCUT2D eigenvalue weighted by molar-refractivity contribution is -0.136. The summed E-state index contributed by atoms with van der Waals surface area (Å²) in [6.07, 6.45) is 3.63. The molecule has 0 radical (unpaired) electrons. The Balaban J connectivity index is 1.52. The quantitative estimate of drug-likeness (QED) is 0.588. The molecule has 150 valence electrons. The average Bonchev–Trinajstić information content (AvgIpc) is 3.28. The smallest absolute Gasteiger partial charge is 0.313 e. The van der Waals surface area contributed by atoms with Crippen LogP contribution in [0.3, 0.4) is 0 Å². The van der Waals surface area contributed by atoms with E-state index in [0.717, 1.165) is 11.3 Å². The molecule has 9 nitrogen and oxygen atoms in total. The van der Waals surface area contributed by atoms with Gasteiger partial charge in [-0.3, -0.25) is 14.2 Å². The lowest BCUT2D eigenvalue weighted by Gasteiger charge is -2.10. The van der Waals surface area contributed by atoms with Crippen molar-refractivity contribution in [2.24, 2.45) is 0 Å². The molecular formula is C20H21N5O4. The van der Waals surface area contributed by atoms with Crippen molar-refractivity contribution in [3.8, 4) is 17.2 Å². The van der Waals surface area contributed by atoms with E-state index in [-0.39, 0.29) is 0 Å². The molecule has 0 bridgehead atoms. The molecule has 1 heterocycles. The van der Waals surface area contributed by atoms with Gasteiger partial charge in [-0.1, -0.05) is 12.1 Å². The maximum Gasteiger partial charge on any atom is 0.313 e. The van der Waals surface area contributed by atoms with Crippen molar-refractivity contribution in [3.63, 3.8) is 0 Å². The fraction of sp³-hybridized carbons (Fsp3) is 0.200. The fourth-order valence-corrected chi connectivity index (χ4v) is 2.70. The van der Waals surface area contributed by atoms with Crippen LogP contribution in [0.1, 0.15) is 5.56 Å². The van der Waals surface area contributed by atoms with Crippen LogP contribution in [0.25, 0.3) is 5.69 Å². The Kier molecular flexibility index (Phi) is 6.41. The molecule has 0 atom stereocenters. The highest BCUT2D eigenvalue weighted by atomic mass is 16.5. The Labute approximate surface area is 167 Å². The van der Waals surface area contributed by atoms with Gasteiger partial charge in [0, 0.05) is 12.2 Å². The second-order valence-electron chi connectivity index (χ2n) is 6.07. The van der Waals surface area contributed by atoms with Crippen molar-refractivity contribution in [1.82, 2.24) is 20.1 Å². The maximum atomic E-state index is 12.1. The molecule has 2 aromatic carbocycles. The molecule has 0 aliphatic heterocycles. The molecule has 9 heteroatoms. The first-order valence-electron chi connectivity index (χ1n) is 8.86. The van der Waals surface area contributed by atoms with Gasteiger partial charge in [0.2, 0.25) is 0 Å². The molecule has 0 spiro atoms. The maximum absolute atomic E-state index is 12.1. The molecule has 0 unspecified atom stereocenters. The first kappa shape index (κ1) is 19.9. The van der Waals surface area contributed by atoms with Gasteiger partial charge < -0.3 is 20.1 Å². The number of carbonyl (C=O) groups excluding carboxylic acids is 2. The van der Waals surface area contributed by atoms with Gasteiger partial charge in [-0.2, -0.15) is 0 Å². The predicted octanol–water partition coefficient (Wildman–Crippen LogP) is 1.58. The number of aromatic nitrogens is 3. The summed E-state index contributed by atoms with van der Waals surface area (Å²) >= 11 is 0. The third kappa shape index (κ3) is 5.10. The van der Waals surface area contributed by atoms with Gasteiger partial charge in [-0.05, 0) is 42.3 Å². The average molecular weight is 395 g/mol. The van der Waals surface area contributed by atoms with Gasteiger partial charge in [0.25, 0.3) is 0 Å². The van der Waals surface area contributed by atoms with Gasteiger partial charge in [-0.25, -0.2) is 0 Å². The van der Waals surface area contributed by atoms with Gasteiger partial charge in [-0.15, -0.1) is 10.2 Å². The molecule has 0 fully saturated rings. The van der Waals surface area contributed by atoms with Crippen LogP contribution >= 0.6 is 0 Å². The summed E-state index contributed by atoms with van der Waals surface area (Å²) < 4.78 is 12.2. The third-order valence-corrected chi connectivity index (χ3v) is 4.17. The topological polar surface area (TPSA) is 107 Å². The molecule has 1 aromatic heterocycles. The first-order valence-corrected chi connectivity index (χ1v) is 8.86. The van der Waals surface area contributed by atoms with Crippen LogP contribution in [-0.2, 0) is 16.0 Å². The summed E-state index contributed by atoms with van der Waals surface area (Å²) in [4.78, 5) is 24.2. The number of nitrogens with zero attached hydrogens (tertiary/aromatic N) is 3. The van der Waals surface area contributed by atoms with Crippen molar-refractivity contribution < 1.29 is 19.1 Å². The Bertz CT molecular complexity index is 988. The number of hydrogen-bond donors (Lipinski definition) is 2. The Morgan fingerprint density at radius 2 is 1.72 bits per heavy atom. The predicted molar refractivity (Wildman–Crippen MR) is 106 cm³/mol. The van der Waals surface area contributed by atoms with E-state index in [1.165, 1.54) is 0 Å². The van der Waals surface area contributed by atoms with E-state index in [9.17, 15) is 9.59 Å². The van der Waals surface area contributed by atoms with Crippen LogP contribution in [0, 0.1) is 0 Å². The first-order chi connectivity index (χ1) is 14.1. The molecule has 2 N–H and O–H groups in total. The van der Waals surface area contributed by atoms with Crippen LogP contribution in [-0.4, -0.2) is 47.3 Å². The number of amides is 2. The highest BCUT2D eigenvalue weighted by Gasteiger charge is 2.14. The van der Waals surface area contributed by atoms with Gasteiger partial charge in [0.15, 0.2) is 11.5 Å². The lowest BCUT2D eigenvalue weighted by atomic mass is 10.1. The Morgan fingerprint density at radius 3 is 2.45 bits per heavy atom. The summed E-state index contributed by atoms with van der Waals surface area (Å²) in [7, 11) is 3.13. The Hall–Kier alpha value is -3.88. The molecular weight excluding hydrogens is 374 g/mol. The van der Waals surface area contributed by atoms with Crippen molar-refractivity contribution in [2.75, 3.05) is 26.1 Å². The minimum Gasteiger partial charge on any atom is -0.493 e. The molecule has 3 rings (SSSR count). The van der Waals surface area contributed by atoms with Crippen LogP contribution in [0.4, 0.5) is 5.69 Å². The number of benzene rings is 2. The largest absolute Gasteiger partial charge is 0.493 e. The van der Waals surface area contributed by atoms with Crippen LogP contribution < -0.4 is 20.1 Å². The minimum absolute atomic E-state index is 0.308. The third-order valence-electron chi connectivity index (χ3n) is 4.17. The van der Waals surface area contributed by atoms with Crippen LogP contribution in [0.2, 0.25) is 0 Å². The zero-order valence-electron chi connectivity index (χ0n) is 16.1. The van der Waals surface area contributed by atoms with Gasteiger partial charge >= 0.3 is 11.8 Å². The van der Waals surface area contributed by atoms with Crippen LogP contribution in [0.15, 0.2) is 55.1 Å². The number of anilines is 1. The number of hydrogen-bond acceptors (Lipinski definition) is 6. The van der Waals surface area contributed by atoms with Crippen molar-refractivity contribution in [1.29, 1.82) is 0 Å². The summed E-state index contributed by atoms with van der Waals surface area (Å²) in [5.41, 5.74) is 2.21. The Morgan fingerprint density at radius 1 is 0.966 bits per heavy atom. The SMILES string of the molecule is COc1ccc(CCNC(=O)C(=O)Nc2cccc(-n3cnnc3)c2)cc1OC. The highest BCUT2D eigenvalue weighted by Crippen LogP contribution is 2.27. The highest BCUT2D eigenvalue weighted by molar-refractivity contribution is 6.39. The van der Waals surface area contributed by atoms with E-state index >= 15 is 0 Å². The van der Waals surface area contributed by atoms with Crippen molar-refractivity contribution in [3.05, 3.63) is 60.7 Å². The number of ether oxygens (including phenoxy) is 2. The summed E-state index contributed by atoms with van der Waals surface area (Å²) in [5.74, 6) is -0.200. The molecule has 29 heavy (non-hydrogen) atoms. The lowest BCUT2D eigenvalue weighted by Crippen LogP contribution is -2.36. The number of nitrogens with one attached hydrogen (secondary N) is 2. The monoisotopic (exact) mass is 395 g/mol. The summed E-state index contributed by atoms with van der Waals surface area (Å²) in [6.45, 7) is 0.308. The summed E-state index contributed by atoms with van der Waals surface area (Å²) in [6, 6.07) is 12.5. The van der Waals surface area contributed by atoms with E-state index in [2.05, 4.69) is 20.8 Å². The van der Waals surface area contributed by atoms with Crippen LogP contribution in [0.5, 0.6) is 11.5 Å². The molecule has 2 amide bonds. The van der Waals surface area contributed by atoms with Gasteiger partial charge in [0.05, 0.1) is 19.9 Å².